The molecule has 4 aromatic carbocycles. The third kappa shape index (κ3) is 7.09. The van der Waals surface area contributed by atoms with Crippen LogP contribution in [0.25, 0.3) is 32.9 Å². The number of fused-ring (bicyclic) bond motifs is 2. The Morgan fingerprint density at radius 3 is 2.41 bits per heavy atom. The lowest BCUT2D eigenvalue weighted by Crippen LogP contribution is -2.38. The lowest BCUT2D eigenvalue weighted by Gasteiger charge is -2.27. The summed E-state index contributed by atoms with van der Waals surface area (Å²) >= 11 is 6.38. The number of hydrogen-bond acceptors (Lipinski definition) is 5. The predicted molar refractivity (Wildman–Crippen MR) is 204 cm³/mol. The van der Waals surface area contributed by atoms with Crippen LogP contribution in [0.2, 0.25) is 5.02 Å². The molecule has 0 spiro atoms. The molecule has 0 unspecified atom stereocenters. The second-order valence-corrected chi connectivity index (χ2v) is 13.6. The monoisotopic (exact) mass is 705 g/mol. The van der Waals surface area contributed by atoms with E-state index in [1.165, 1.54) is 0 Å². The van der Waals surface area contributed by atoms with Crippen LogP contribution in [0.4, 0.5) is 0 Å². The highest BCUT2D eigenvalue weighted by Gasteiger charge is 2.26. The summed E-state index contributed by atoms with van der Waals surface area (Å²) in [4.78, 5) is 15.6. The third-order valence-electron chi connectivity index (χ3n) is 10.0. The Hall–Kier alpha value is -4.76. The van der Waals surface area contributed by atoms with Crippen LogP contribution in [0.3, 0.4) is 0 Å². The van der Waals surface area contributed by atoms with E-state index in [0.717, 1.165) is 91.3 Å². The largest absolute Gasteiger partial charge is 0.496 e. The van der Waals surface area contributed by atoms with Gasteiger partial charge in [0.1, 0.15) is 17.2 Å². The third-order valence-corrected chi connectivity index (χ3v) is 10.6. The standard InChI is InChI=1S/C42H44ClN3O5/c1-28-25-31(26-29(2)39(28)43)51-22-8-13-35-34-12-6-11-33(40(34)46(41(35)42(47)48)19-18-44-20-23-50-24-21-44)32-10-5-4-9-30(32)27-45-17-16-36-37(45)14-7-15-38(36)49-3/h4-7,9-12,14-17,25-26H,8,13,18-24,27H2,1-3H3,(H,47,48). The molecule has 0 radical (unpaired) electrons. The van der Waals surface area contributed by atoms with Gasteiger partial charge >= 0.3 is 5.97 Å². The van der Waals surface area contributed by atoms with E-state index in [9.17, 15) is 9.90 Å². The lowest BCUT2D eigenvalue weighted by molar-refractivity contribution is 0.0362. The number of halogens is 1. The van der Waals surface area contributed by atoms with Crippen molar-refractivity contribution in [2.24, 2.45) is 0 Å². The zero-order valence-corrected chi connectivity index (χ0v) is 30.2. The molecule has 1 aliphatic heterocycles. The number of nitrogens with zero attached hydrogens (tertiary/aromatic N) is 3. The number of carboxylic acids is 1. The van der Waals surface area contributed by atoms with Gasteiger partial charge in [-0.05, 0) is 84.8 Å². The number of benzene rings is 4. The van der Waals surface area contributed by atoms with E-state index in [4.69, 9.17) is 25.8 Å². The van der Waals surface area contributed by atoms with Crippen molar-refractivity contribution in [1.29, 1.82) is 0 Å². The van der Waals surface area contributed by atoms with Crippen molar-refractivity contribution in [3.63, 3.8) is 0 Å². The second-order valence-electron chi connectivity index (χ2n) is 13.3. The topological polar surface area (TPSA) is 78.1 Å². The molecule has 7 rings (SSSR count). The van der Waals surface area contributed by atoms with Gasteiger partial charge in [0.25, 0.3) is 0 Å². The fourth-order valence-electron chi connectivity index (χ4n) is 7.53. The molecule has 0 saturated carbocycles. The normalized spacial score (nSPS) is 13.6. The van der Waals surface area contributed by atoms with Crippen LogP contribution in [0.1, 0.15) is 39.2 Å². The molecule has 0 aliphatic carbocycles. The molecular formula is C42H44ClN3O5. The maximum atomic E-state index is 13.2. The van der Waals surface area contributed by atoms with E-state index in [2.05, 4.69) is 74.8 Å². The Bertz CT molecular complexity index is 2170. The number of carboxylic acid groups (broad SMARTS) is 1. The second kappa shape index (κ2) is 15.2. The molecule has 3 heterocycles. The first kappa shape index (κ1) is 34.7. The van der Waals surface area contributed by atoms with Crippen LogP contribution >= 0.6 is 11.6 Å². The number of rotatable bonds is 13. The number of para-hydroxylation sites is 1. The van der Waals surface area contributed by atoms with Crippen molar-refractivity contribution in [2.75, 3.05) is 46.6 Å². The van der Waals surface area contributed by atoms with E-state index in [0.29, 0.717) is 51.4 Å². The van der Waals surface area contributed by atoms with Crippen molar-refractivity contribution in [3.05, 3.63) is 118 Å². The molecule has 1 aliphatic rings. The number of hydrogen-bond donors (Lipinski definition) is 1. The van der Waals surface area contributed by atoms with E-state index in [1.54, 1.807) is 7.11 Å². The van der Waals surface area contributed by atoms with Gasteiger partial charge in [-0.1, -0.05) is 60.1 Å². The molecule has 1 fully saturated rings. The molecule has 2 aromatic heterocycles. The number of aromatic carboxylic acids is 1. The van der Waals surface area contributed by atoms with Gasteiger partial charge in [0, 0.05) is 60.3 Å². The summed E-state index contributed by atoms with van der Waals surface area (Å²) in [6.07, 6.45) is 3.33. The Morgan fingerprint density at radius 2 is 1.65 bits per heavy atom. The van der Waals surface area contributed by atoms with Crippen molar-refractivity contribution >= 4 is 39.4 Å². The Balaban J connectivity index is 1.28. The van der Waals surface area contributed by atoms with E-state index >= 15 is 0 Å². The average Bonchev–Trinajstić information content (AvgIpc) is 3.70. The van der Waals surface area contributed by atoms with Gasteiger partial charge in [0.15, 0.2) is 0 Å². The Morgan fingerprint density at radius 1 is 0.902 bits per heavy atom. The summed E-state index contributed by atoms with van der Waals surface area (Å²) in [7, 11) is 1.70. The molecule has 264 valence electrons. The molecule has 1 saturated heterocycles. The number of morpholine rings is 1. The number of ether oxygens (including phenoxy) is 3. The number of carbonyl (C=O) groups is 1. The quantitative estimate of drug-likeness (QED) is 0.121. The lowest BCUT2D eigenvalue weighted by atomic mass is 9.96. The first-order chi connectivity index (χ1) is 24.8. The maximum absolute atomic E-state index is 13.2. The molecule has 6 aromatic rings. The van der Waals surface area contributed by atoms with Crippen molar-refractivity contribution in [1.82, 2.24) is 14.0 Å². The van der Waals surface area contributed by atoms with Gasteiger partial charge in [-0.3, -0.25) is 4.90 Å². The summed E-state index contributed by atoms with van der Waals surface area (Å²) in [5.41, 5.74) is 8.44. The van der Waals surface area contributed by atoms with Gasteiger partial charge in [-0.2, -0.15) is 0 Å². The number of methoxy groups -OCH3 is 1. The molecule has 9 heteroatoms. The van der Waals surface area contributed by atoms with E-state index in [-0.39, 0.29) is 0 Å². The highest BCUT2D eigenvalue weighted by molar-refractivity contribution is 6.32. The molecule has 51 heavy (non-hydrogen) atoms. The molecule has 8 nitrogen and oxygen atoms in total. The van der Waals surface area contributed by atoms with Crippen LogP contribution in [-0.4, -0.2) is 71.7 Å². The minimum absolute atomic E-state index is 0.352. The number of aryl methyl sites for hydroxylation is 3. The van der Waals surface area contributed by atoms with Crippen LogP contribution < -0.4 is 9.47 Å². The van der Waals surface area contributed by atoms with Gasteiger partial charge in [0.05, 0.1) is 38.0 Å². The first-order valence-electron chi connectivity index (χ1n) is 17.6. The number of aromatic nitrogens is 2. The predicted octanol–water partition coefficient (Wildman–Crippen LogP) is 8.63. The fraction of sp³-hybridized carbons (Fsp3) is 0.310. The molecule has 0 amide bonds. The molecule has 1 N–H and O–H groups in total. The smallest absolute Gasteiger partial charge is 0.352 e. The van der Waals surface area contributed by atoms with Gasteiger partial charge in [-0.25, -0.2) is 4.79 Å². The Kier molecular flexibility index (Phi) is 10.4. The molecule has 0 atom stereocenters. The molecule has 0 bridgehead atoms. The van der Waals surface area contributed by atoms with Crippen LogP contribution in [0, 0.1) is 13.8 Å². The van der Waals surface area contributed by atoms with Gasteiger partial charge < -0.3 is 28.5 Å². The highest BCUT2D eigenvalue weighted by Crippen LogP contribution is 2.38. The fourth-order valence-corrected chi connectivity index (χ4v) is 7.64. The van der Waals surface area contributed by atoms with Crippen molar-refractivity contribution in [3.8, 4) is 22.6 Å². The summed E-state index contributed by atoms with van der Waals surface area (Å²) in [5.74, 6) is 0.702. The van der Waals surface area contributed by atoms with Crippen LogP contribution in [0.15, 0.2) is 85.1 Å². The van der Waals surface area contributed by atoms with Crippen LogP contribution in [-0.2, 0) is 24.2 Å². The zero-order chi connectivity index (χ0) is 35.5. The zero-order valence-electron chi connectivity index (χ0n) is 29.5. The van der Waals surface area contributed by atoms with Gasteiger partial charge in [0.2, 0.25) is 0 Å². The van der Waals surface area contributed by atoms with Crippen molar-refractivity contribution < 1.29 is 24.1 Å². The summed E-state index contributed by atoms with van der Waals surface area (Å²) in [6, 6.07) is 26.8. The minimum Gasteiger partial charge on any atom is -0.496 e. The maximum Gasteiger partial charge on any atom is 0.352 e. The molecular weight excluding hydrogens is 662 g/mol. The van der Waals surface area contributed by atoms with E-state index < -0.39 is 5.97 Å². The summed E-state index contributed by atoms with van der Waals surface area (Å²) in [5, 5.41) is 13.6. The average molecular weight is 706 g/mol. The van der Waals surface area contributed by atoms with Gasteiger partial charge in [-0.15, -0.1) is 0 Å². The van der Waals surface area contributed by atoms with E-state index in [1.807, 2.05) is 38.1 Å². The summed E-state index contributed by atoms with van der Waals surface area (Å²) in [6.45, 7) is 9.39. The van der Waals surface area contributed by atoms with Crippen LogP contribution in [0.5, 0.6) is 11.5 Å². The SMILES string of the molecule is COc1cccc2c1ccn2Cc1ccccc1-c1cccc2c(CCCOc3cc(C)c(Cl)c(C)c3)c(C(=O)O)n(CCN3CCOCC3)c12. The summed E-state index contributed by atoms with van der Waals surface area (Å²) < 4.78 is 21.7. The first-order valence-corrected chi connectivity index (χ1v) is 18.0. The van der Waals surface area contributed by atoms with Crippen molar-refractivity contribution in [2.45, 2.75) is 39.8 Å². The minimum atomic E-state index is -0.917. The Labute approximate surface area is 303 Å². The highest BCUT2D eigenvalue weighted by atomic mass is 35.5.